The van der Waals surface area contributed by atoms with Gasteiger partial charge in [-0.3, -0.25) is 0 Å². The molecule has 1 aromatic heterocycles. The highest BCUT2D eigenvalue weighted by molar-refractivity contribution is 7.99. The maximum Gasteiger partial charge on any atom is 0.247 e. The van der Waals surface area contributed by atoms with Gasteiger partial charge in [-0.25, -0.2) is 4.98 Å². The highest BCUT2D eigenvalue weighted by atomic mass is 32.2. The molecule has 0 amide bonds. The van der Waals surface area contributed by atoms with E-state index in [0.29, 0.717) is 22.3 Å². The molecule has 0 aliphatic carbocycles. The Bertz CT molecular complexity index is 660. The normalized spacial score (nSPS) is 10.3. The van der Waals surface area contributed by atoms with Crippen LogP contribution >= 0.6 is 11.8 Å². The Morgan fingerprint density at radius 3 is 2.24 bits per heavy atom. The Kier molecular flexibility index (Phi) is 4.02. The standard InChI is InChI=1S/C16H13N3OS/c17-14-15(20-12-7-3-1-4-8-12)18-11-19-16(14)21-13-9-5-2-6-10-13/h1-11H,17H2. The zero-order valence-electron chi connectivity index (χ0n) is 11.1. The summed E-state index contributed by atoms with van der Waals surface area (Å²) >= 11 is 1.48. The highest BCUT2D eigenvalue weighted by Crippen LogP contribution is 2.35. The van der Waals surface area contributed by atoms with Crippen LogP contribution in [0.2, 0.25) is 0 Å². The topological polar surface area (TPSA) is 61.0 Å². The molecule has 104 valence electrons. The van der Waals surface area contributed by atoms with Crippen molar-refractivity contribution in [3.63, 3.8) is 0 Å². The molecule has 0 unspecified atom stereocenters. The van der Waals surface area contributed by atoms with Gasteiger partial charge in [-0.2, -0.15) is 4.98 Å². The van der Waals surface area contributed by atoms with Crippen LogP contribution in [0.15, 0.2) is 76.9 Å². The van der Waals surface area contributed by atoms with Crippen molar-refractivity contribution in [1.29, 1.82) is 0 Å². The molecule has 0 aliphatic heterocycles. The molecule has 3 rings (SSSR count). The molecule has 3 aromatic rings. The second-order valence-electron chi connectivity index (χ2n) is 4.23. The van der Waals surface area contributed by atoms with Crippen LogP contribution in [0.3, 0.4) is 0 Å². The van der Waals surface area contributed by atoms with Crippen molar-refractivity contribution in [1.82, 2.24) is 9.97 Å². The van der Waals surface area contributed by atoms with E-state index in [1.165, 1.54) is 18.1 Å². The summed E-state index contributed by atoms with van der Waals surface area (Å²) in [5.41, 5.74) is 6.55. The van der Waals surface area contributed by atoms with Crippen molar-refractivity contribution in [3.05, 3.63) is 67.0 Å². The predicted octanol–water partition coefficient (Wildman–Crippen LogP) is 4.00. The molecule has 0 saturated heterocycles. The minimum atomic E-state index is 0.370. The Morgan fingerprint density at radius 1 is 0.857 bits per heavy atom. The van der Waals surface area contributed by atoms with Crippen LogP contribution in [0.4, 0.5) is 5.69 Å². The number of anilines is 1. The Labute approximate surface area is 127 Å². The maximum atomic E-state index is 6.11. The molecule has 5 heteroatoms. The monoisotopic (exact) mass is 295 g/mol. The number of para-hydroxylation sites is 1. The smallest absolute Gasteiger partial charge is 0.247 e. The zero-order chi connectivity index (χ0) is 14.5. The fourth-order valence-electron chi connectivity index (χ4n) is 1.73. The molecule has 2 aromatic carbocycles. The molecule has 0 atom stereocenters. The van der Waals surface area contributed by atoms with Crippen molar-refractivity contribution in [2.45, 2.75) is 9.92 Å². The minimum absolute atomic E-state index is 0.370. The van der Waals surface area contributed by atoms with Gasteiger partial charge in [0, 0.05) is 4.90 Å². The van der Waals surface area contributed by atoms with Crippen molar-refractivity contribution < 1.29 is 4.74 Å². The average Bonchev–Trinajstić information content (AvgIpc) is 2.53. The van der Waals surface area contributed by atoms with Gasteiger partial charge >= 0.3 is 0 Å². The molecule has 4 nitrogen and oxygen atoms in total. The molecule has 0 fully saturated rings. The number of rotatable bonds is 4. The number of nitrogens with two attached hydrogens (primary N) is 1. The van der Waals surface area contributed by atoms with Crippen molar-refractivity contribution in [3.8, 4) is 11.6 Å². The second kappa shape index (κ2) is 6.28. The lowest BCUT2D eigenvalue weighted by Gasteiger charge is -2.09. The molecule has 2 N–H and O–H groups in total. The van der Waals surface area contributed by atoms with Gasteiger partial charge in [0.25, 0.3) is 0 Å². The third-order valence-electron chi connectivity index (χ3n) is 2.73. The van der Waals surface area contributed by atoms with Crippen LogP contribution in [0.1, 0.15) is 0 Å². The molecule has 0 spiro atoms. The Balaban J connectivity index is 1.85. The molecule has 1 heterocycles. The summed E-state index contributed by atoms with van der Waals surface area (Å²) in [7, 11) is 0. The van der Waals surface area contributed by atoms with Gasteiger partial charge in [-0.05, 0) is 24.3 Å². The van der Waals surface area contributed by atoms with Gasteiger partial charge in [0.15, 0.2) is 0 Å². The predicted molar refractivity (Wildman–Crippen MR) is 83.5 cm³/mol. The summed E-state index contributed by atoms with van der Waals surface area (Å²) < 4.78 is 5.70. The first-order valence-electron chi connectivity index (χ1n) is 6.39. The van der Waals surface area contributed by atoms with Gasteiger partial charge in [0.1, 0.15) is 22.8 Å². The lowest BCUT2D eigenvalue weighted by atomic mass is 10.3. The molecule has 0 aliphatic rings. The highest BCUT2D eigenvalue weighted by Gasteiger charge is 2.11. The van der Waals surface area contributed by atoms with Crippen molar-refractivity contribution in [2.24, 2.45) is 0 Å². The summed E-state index contributed by atoms with van der Waals surface area (Å²) in [4.78, 5) is 9.39. The van der Waals surface area contributed by atoms with E-state index in [4.69, 9.17) is 10.5 Å². The summed E-state index contributed by atoms with van der Waals surface area (Å²) in [5, 5.41) is 0.683. The zero-order valence-corrected chi connectivity index (χ0v) is 12.0. The van der Waals surface area contributed by atoms with Crippen LogP contribution in [-0.4, -0.2) is 9.97 Å². The summed E-state index contributed by atoms with van der Waals surface area (Å²) in [6.45, 7) is 0. The number of ether oxygens (including phenoxy) is 1. The van der Waals surface area contributed by atoms with Crippen LogP contribution in [0.5, 0.6) is 11.6 Å². The molecule has 0 saturated carbocycles. The molecular weight excluding hydrogens is 282 g/mol. The van der Waals surface area contributed by atoms with E-state index in [2.05, 4.69) is 9.97 Å². The van der Waals surface area contributed by atoms with Crippen LogP contribution in [-0.2, 0) is 0 Å². The van der Waals surface area contributed by atoms with E-state index in [1.807, 2.05) is 60.7 Å². The van der Waals surface area contributed by atoms with Crippen LogP contribution in [0, 0.1) is 0 Å². The first kappa shape index (κ1) is 13.5. The van der Waals surface area contributed by atoms with E-state index >= 15 is 0 Å². The summed E-state index contributed by atoms with van der Waals surface area (Å²) in [6.07, 6.45) is 1.46. The average molecular weight is 295 g/mol. The Hall–Kier alpha value is -2.53. The number of nitrogens with zero attached hydrogens (tertiary/aromatic N) is 2. The lowest BCUT2D eigenvalue weighted by molar-refractivity contribution is 0.462. The largest absolute Gasteiger partial charge is 0.437 e. The Morgan fingerprint density at radius 2 is 1.52 bits per heavy atom. The van der Waals surface area contributed by atoms with Crippen LogP contribution in [0.25, 0.3) is 0 Å². The van der Waals surface area contributed by atoms with E-state index in [-0.39, 0.29) is 0 Å². The molecule has 0 radical (unpaired) electrons. The van der Waals surface area contributed by atoms with E-state index in [0.717, 1.165) is 4.90 Å². The third kappa shape index (κ3) is 3.32. The fourth-order valence-corrected chi connectivity index (χ4v) is 2.54. The van der Waals surface area contributed by atoms with Gasteiger partial charge < -0.3 is 10.5 Å². The first-order chi connectivity index (χ1) is 10.3. The number of aromatic nitrogens is 2. The minimum Gasteiger partial charge on any atom is -0.437 e. The summed E-state index contributed by atoms with van der Waals surface area (Å²) in [6, 6.07) is 19.3. The fraction of sp³-hybridized carbons (Fsp3) is 0. The van der Waals surface area contributed by atoms with Crippen molar-refractivity contribution in [2.75, 3.05) is 5.73 Å². The number of nitrogen functional groups attached to an aromatic ring is 1. The van der Waals surface area contributed by atoms with Gasteiger partial charge in [-0.15, -0.1) is 0 Å². The third-order valence-corrected chi connectivity index (χ3v) is 3.75. The number of hydrogen-bond donors (Lipinski definition) is 1. The van der Waals surface area contributed by atoms with Gasteiger partial charge in [0.05, 0.1) is 0 Å². The van der Waals surface area contributed by atoms with E-state index in [9.17, 15) is 0 Å². The molecular formula is C16H13N3OS. The van der Waals surface area contributed by atoms with Crippen LogP contribution < -0.4 is 10.5 Å². The molecule has 21 heavy (non-hydrogen) atoms. The van der Waals surface area contributed by atoms with Gasteiger partial charge in [0.2, 0.25) is 5.88 Å². The summed E-state index contributed by atoms with van der Waals surface area (Å²) in [5.74, 6) is 1.06. The SMILES string of the molecule is Nc1c(Oc2ccccc2)ncnc1Sc1ccccc1. The van der Waals surface area contributed by atoms with Gasteiger partial charge in [-0.1, -0.05) is 48.2 Å². The number of benzene rings is 2. The van der Waals surface area contributed by atoms with Crippen molar-refractivity contribution >= 4 is 17.4 Å². The lowest BCUT2D eigenvalue weighted by Crippen LogP contribution is -1.99. The van der Waals surface area contributed by atoms with E-state index in [1.54, 1.807) is 0 Å². The second-order valence-corrected chi connectivity index (χ2v) is 5.29. The quantitative estimate of drug-likeness (QED) is 0.737. The molecule has 0 bridgehead atoms. The van der Waals surface area contributed by atoms with E-state index < -0.39 is 0 Å². The first-order valence-corrected chi connectivity index (χ1v) is 7.21. The maximum absolute atomic E-state index is 6.11. The number of hydrogen-bond acceptors (Lipinski definition) is 5.